The number of ketones is 1. The van der Waals surface area contributed by atoms with Gasteiger partial charge in [0.25, 0.3) is 0 Å². The summed E-state index contributed by atoms with van der Waals surface area (Å²) in [6, 6.07) is 11.1. The number of ether oxygens (including phenoxy) is 1. The molecule has 0 N–H and O–H groups in total. The van der Waals surface area contributed by atoms with Crippen molar-refractivity contribution in [1.29, 1.82) is 0 Å². The van der Waals surface area contributed by atoms with Crippen LogP contribution in [-0.4, -0.2) is 17.9 Å². The summed E-state index contributed by atoms with van der Waals surface area (Å²) in [4.78, 5) is 16.6. The number of rotatable bonds is 4. The van der Waals surface area contributed by atoms with Gasteiger partial charge in [0.2, 0.25) is 5.78 Å². The van der Waals surface area contributed by atoms with E-state index in [1.807, 2.05) is 31.2 Å². The van der Waals surface area contributed by atoms with Crippen LogP contribution in [0.1, 0.15) is 28.5 Å². The molecule has 1 aromatic carbocycles. The molecule has 0 radical (unpaired) electrons. The van der Waals surface area contributed by atoms with Crippen molar-refractivity contribution >= 4 is 5.78 Å². The van der Waals surface area contributed by atoms with Gasteiger partial charge in [-0.3, -0.25) is 4.79 Å². The lowest BCUT2D eigenvalue weighted by Crippen LogP contribution is -2.08. The molecule has 0 unspecified atom stereocenters. The maximum Gasteiger partial charge on any atom is 0.215 e. The fourth-order valence-electron chi connectivity index (χ4n) is 1.90. The lowest BCUT2D eigenvalue weighted by molar-refractivity contribution is 0.103. The van der Waals surface area contributed by atoms with Crippen LogP contribution in [0.2, 0.25) is 0 Å². The van der Waals surface area contributed by atoms with E-state index in [9.17, 15) is 4.79 Å². The van der Waals surface area contributed by atoms with Crippen molar-refractivity contribution in [3.8, 4) is 5.75 Å². The van der Waals surface area contributed by atoms with Gasteiger partial charge in [0.05, 0.1) is 7.11 Å². The molecule has 0 saturated heterocycles. The maximum atomic E-state index is 12.5. The van der Waals surface area contributed by atoms with Crippen LogP contribution in [0, 0.1) is 0 Å². The molecular formula is C15H15NO2. The van der Waals surface area contributed by atoms with E-state index in [4.69, 9.17) is 4.74 Å². The molecule has 0 spiro atoms. The second-order valence-corrected chi connectivity index (χ2v) is 3.89. The van der Waals surface area contributed by atoms with E-state index in [1.165, 1.54) is 0 Å². The quantitative estimate of drug-likeness (QED) is 0.773. The number of hydrogen-bond donors (Lipinski definition) is 0. The maximum absolute atomic E-state index is 12.5. The largest absolute Gasteiger partial charge is 0.494 e. The highest BCUT2D eigenvalue weighted by Crippen LogP contribution is 2.20. The van der Waals surface area contributed by atoms with Crippen LogP contribution in [0.5, 0.6) is 5.75 Å². The monoisotopic (exact) mass is 241 g/mol. The van der Waals surface area contributed by atoms with Crippen molar-refractivity contribution in [2.45, 2.75) is 13.3 Å². The Morgan fingerprint density at radius 2 is 2.00 bits per heavy atom. The van der Waals surface area contributed by atoms with Crippen molar-refractivity contribution < 1.29 is 9.53 Å². The molecule has 0 aliphatic rings. The lowest BCUT2D eigenvalue weighted by Gasteiger charge is -2.09. The van der Waals surface area contributed by atoms with Crippen LogP contribution >= 0.6 is 0 Å². The summed E-state index contributed by atoms with van der Waals surface area (Å²) in [5.41, 5.74) is 2.08. The van der Waals surface area contributed by atoms with Crippen LogP contribution in [0.15, 0.2) is 42.6 Å². The predicted molar refractivity (Wildman–Crippen MR) is 70.0 cm³/mol. The van der Waals surface area contributed by atoms with Gasteiger partial charge in [-0.25, -0.2) is 4.98 Å². The van der Waals surface area contributed by atoms with Crippen LogP contribution < -0.4 is 4.74 Å². The molecule has 0 bridgehead atoms. The van der Waals surface area contributed by atoms with E-state index < -0.39 is 0 Å². The number of hydrogen-bond acceptors (Lipinski definition) is 3. The average molecular weight is 241 g/mol. The first kappa shape index (κ1) is 12.3. The molecule has 0 aliphatic heterocycles. The molecule has 0 saturated carbocycles. The molecule has 2 rings (SSSR count). The molecule has 92 valence electrons. The van der Waals surface area contributed by atoms with Crippen molar-refractivity contribution in [3.63, 3.8) is 0 Å². The summed E-state index contributed by atoms with van der Waals surface area (Å²) in [6.45, 7) is 2.03. The molecule has 1 heterocycles. The number of benzene rings is 1. The smallest absolute Gasteiger partial charge is 0.215 e. The Kier molecular flexibility index (Phi) is 3.72. The summed E-state index contributed by atoms with van der Waals surface area (Å²) < 4.78 is 5.18. The minimum Gasteiger partial charge on any atom is -0.494 e. The average Bonchev–Trinajstić information content (AvgIpc) is 2.46. The van der Waals surface area contributed by atoms with E-state index in [1.54, 1.807) is 25.4 Å². The van der Waals surface area contributed by atoms with Gasteiger partial charge in [0, 0.05) is 11.8 Å². The first-order valence-corrected chi connectivity index (χ1v) is 5.89. The Bertz CT molecular complexity index is 514. The van der Waals surface area contributed by atoms with Gasteiger partial charge < -0.3 is 4.74 Å². The van der Waals surface area contributed by atoms with Crippen molar-refractivity contribution in [2.24, 2.45) is 0 Å². The zero-order valence-electron chi connectivity index (χ0n) is 10.5. The zero-order valence-corrected chi connectivity index (χ0v) is 10.5. The van der Waals surface area contributed by atoms with Crippen LogP contribution in [0.3, 0.4) is 0 Å². The molecule has 1 aromatic heterocycles. The lowest BCUT2D eigenvalue weighted by atomic mass is 9.99. The second-order valence-electron chi connectivity index (χ2n) is 3.89. The highest BCUT2D eigenvalue weighted by Gasteiger charge is 2.17. The van der Waals surface area contributed by atoms with Gasteiger partial charge in [0.15, 0.2) is 5.69 Å². The first-order valence-electron chi connectivity index (χ1n) is 5.89. The van der Waals surface area contributed by atoms with Crippen LogP contribution in [0.4, 0.5) is 0 Å². The molecule has 0 aliphatic carbocycles. The number of carbonyl (C=O) groups excluding carboxylic acids is 1. The minimum absolute atomic E-state index is 0.0927. The fraction of sp³-hybridized carbons (Fsp3) is 0.200. The summed E-state index contributed by atoms with van der Waals surface area (Å²) in [5.74, 6) is 0.415. The summed E-state index contributed by atoms with van der Waals surface area (Å²) in [7, 11) is 1.54. The Hall–Kier alpha value is -2.16. The molecule has 2 aromatic rings. The van der Waals surface area contributed by atoms with E-state index in [0.717, 1.165) is 12.0 Å². The van der Waals surface area contributed by atoms with E-state index in [0.29, 0.717) is 17.0 Å². The zero-order chi connectivity index (χ0) is 13.0. The van der Waals surface area contributed by atoms with Crippen LogP contribution in [-0.2, 0) is 6.42 Å². The topological polar surface area (TPSA) is 39.2 Å². The number of pyridine rings is 1. The highest BCUT2D eigenvalue weighted by atomic mass is 16.5. The molecule has 0 fully saturated rings. The third-order valence-electron chi connectivity index (χ3n) is 2.85. The number of carbonyl (C=O) groups is 1. The van der Waals surface area contributed by atoms with Gasteiger partial charge in [-0.2, -0.15) is 0 Å². The molecule has 3 heteroatoms. The van der Waals surface area contributed by atoms with Crippen molar-refractivity contribution in [3.05, 3.63) is 59.4 Å². The number of methoxy groups -OCH3 is 1. The summed E-state index contributed by atoms with van der Waals surface area (Å²) in [5, 5.41) is 0. The first-order chi connectivity index (χ1) is 8.77. The van der Waals surface area contributed by atoms with Gasteiger partial charge >= 0.3 is 0 Å². The molecule has 3 nitrogen and oxygen atoms in total. The minimum atomic E-state index is -0.0927. The SMILES string of the molecule is CCc1ccccc1C(=O)c1ncccc1OC. The molecule has 0 amide bonds. The number of nitrogens with zero attached hydrogens (tertiary/aromatic N) is 1. The summed E-state index contributed by atoms with van der Waals surface area (Å²) in [6.07, 6.45) is 2.42. The Balaban J connectivity index is 2.48. The molecule has 18 heavy (non-hydrogen) atoms. The van der Waals surface area contributed by atoms with E-state index >= 15 is 0 Å². The third kappa shape index (κ3) is 2.25. The number of aryl methyl sites for hydroxylation is 1. The normalized spacial score (nSPS) is 10.1. The predicted octanol–water partition coefficient (Wildman–Crippen LogP) is 2.88. The Morgan fingerprint density at radius 3 is 2.72 bits per heavy atom. The highest BCUT2D eigenvalue weighted by molar-refractivity contribution is 6.10. The van der Waals surface area contributed by atoms with Crippen molar-refractivity contribution in [2.75, 3.05) is 7.11 Å². The van der Waals surface area contributed by atoms with Gasteiger partial charge in [-0.05, 0) is 24.1 Å². The fourth-order valence-corrected chi connectivity index (χ4v) is 1.90. The molecular weight excluding hydrogens is 226 g/mol. The second kappa shape index (κ2) is 5.45. The van der Waals surface area contributed by atoms with Crippen LogP contribution in [0.25, 0.3) is 0 Å². The van der Waals surface area contributed by atoms with E-state index in [-0.39, 0.29) is 5.78 Å². The Morgan fingerprint density at radius 1 is 1.22 bits per heavy atom. The van der Waals surface area contributed by atoms with E-state index in [2.05, 4.69) is 4.98 Å². The van der Waals surface area contributed by atoms with Gasteiger partial charge in [-0.15, -0.1) is 0 Å². The Labute approximate surface area is 106 Å². The van der Waals surface area contributed by atoms with Crippen molar-refractivity contribution in [1.82, 2.24) is 4.98 Å². The molecule has 0 atom stereocenters. The summed E-state index contributed by atoms with van der Waals surface area (Å²) >= 11 is 0. The van der Waals surface area contributed by atoms with Gasteiger partial charge in [-0.1, -0.05) is 31.2 Å². The third-order valence-corrected chi connectivity index (χ3v) is 2.85. The standard InChI is InChI=1S/C15H15NO2/c1-3-11-7-4-5-8-12(11)15(17)14-13(18-2)9-6-10-16-14/h4-10H,3H2,1-2H3. The van der Waals surface area contributed by atoms with Gasteiger partial charge in [0.1, 0.15) is 5.75 Å². The number of aromatic nitrogens is 1.